The summed E-state index contributed by atoms with van der Waals surface area (Å²) < 4.78 is 11.0. The van der Waals surface area contributed by atoms with Gasteiger partial charge >= 0.3 is 0 Å². The Morgan fingerprint density at radius 3 is 2.85 bits per heavy atom. The number of furan rings is 1. The molecule has 0 spiro atoms. The van der Waals surface area contributed by atoms with Crippen LogP contribution in [-0.2, 0) is 0 Å². The first-order chi connectivity index (χ1) is 16.5. The molecule has 2 atom stereocenters. The van der Waals surface area contributed by atoms with Crippen molar-refractivity contribution in [3.05, 3.63) is 60.7 Å². The second-order valence-corrected chi connectivity index (χ2v) is 8.63. The molecule has 1 fully saturated rings. The molecule has 4 aromatic rings. The van der Waals surface area contributed by atoms with Crippen molar-refractivity contribution >= 4 is 28.4 Å². The van der Waals surface area contributed by atoms with Crippen molar-refractivity contribution in [1.29, 1.82) is 0 Å². The molecule has 3 N–H and O–H groups in total. The van der Waals surface area contributed by atoms with Gasteiger partial charge in [0.1, 0.15) is 17.0 Å². The van der Waals surface area contributed by atoms with Crippen LogP contribution in [-0.4, -0.2) is 47.1 Å². The van der Waals surface area contributed by atoms with E-state index in [1.807, 2.05) is 12.1 Å². The van der Waals surface area contributed by atoms with Gasteiger partial charge in [-0.05, 0) is 36.6 Å². The lowest BCUT2D eigenvalue weighted by Gasteiger charge is -2.37. The van der Waals surface area contributed by atoms with Gasteiger partial charge in [0.05, 0.1) is 24.7 Å². The largest absolute Gasteiger partial charge is 0.481 e. The quantitative estimate of drug-likeness (QED) is 0.464. The number of carbonyl (C=O) groups is 1. The summed E-state index contributed by atoms with van der Waals surface area (Å²) in [6, 6.07) is 10.8. The fraction of sp³-hybridized carbons (Fsp3) is 0.280. The molecule has 1 saturated heterocycles. The zero-order valence-electron chi connectivity index (χ0n) is 19.1. The second-order valence-electron chi connectivity index (χ2n) is 8.63. The van der Waals surface area contributed by atoms with Gasteiger partial charge in [0.2, 0.25) is 5.88 Å². The van der Waals surface area contributed by atoms with E-state index in [-0.39, 0.29) is 17.6 Å². The van der Waals surface area contributed by atoms with E-state index in [0.717, 1.165) is 30.8 Å². The third-order valence-electron chi connectivity index (χ3n) is 5.92. The lowest BCUT2D eigenvalue weighted by atomic mass is 9.96. The summed E-state index contributed by atoms with van der Waals surface area (Å²) in [4.78, 5) is 28.2. The average molecular weight is 459 g/mol. The van der Waals surface area contributed by atoms with Gasteiger partial charge in [-0.15, -0.1) is 0 Å². The van der Waals surface area contributed by atoms with Gasteiger partial charge in [0.25, 0.3) is 5.91 Å². The van der Waals surface area contributed by atoms with E-state index in [0.29, 0.717) is 34.3 Å². The summed E-state index contributed by atoms with van der Waals surface area (Å²) in [5.74, 6) is 1.29. The van der Waals surface area contributed by atoms with E-state index >= 15 is 0 Å². The predicted octanol–water partition coefficient (Wildman–Crippen LogP) is 3.72. The summed E-state index contributed by atoms with van der Waals surface area (Å²) in [5.41, 5.74) is 10.0. The third kappa shape index (κ3) is 4.42. The van der Waals surface area contributed by atoms with Crippen LogP contribution in [0, 0.1) is 5.92 Å². The summed E-state index contributed by atoms with van der Waals surface area (Å²) in [5, 5.41) is 2.97. The van der Waals surface area contributed by atoms with Crippen molar-refractivity contribution in [2.45, 2.75) is 19.4 Å². The molecular formula is C25H26N6O3. The molecule has 34 heavy (non-hydrogen) atoms. The number of hydrogen-bond acceptors (Lipinski definition) is 8. The number of pyridine rings is 3. The van der Waals surface area contributed by atoms with Gasteiger partial charge in [-0.1, -0.05) is 6.92 Å². The summed E-state index contributed by atoms with van der Waals surface area (Å²) in [6.45, 7) is 3.80. The molecule has 4 aromatic heterocycles. The van der Waals surface area contributed by atoms with Crippen molar-refractivity contribution in [2.24, 2.45) is 11.7 Å². The number of piperidine rings is 1. The summed E-state index contributed by atoms with van der Waals surface area (Å²) in [6.07, 6.45) is 6.04. The van der Waals surface area contributed by atoms with Crippen LogP contribution in [0.4, 0.5) is 11.4 Å². The van der Waals surface area contributed by atoms with Crippen LogP contribution >= 0.6 is 0 Å². The van der Waals surface area contributed by atoms with E-state index < -0.39 is 0 Å². The van der Waals surface area contributed by atoms with Gasteiger partial charge in [-0.3, -0.25) is 9.78 Å². The van der Waals surface area contributed by atoms with Gasteiger partial charge in [0, 0.05) is 49.2 Å². The molecule has 5 rings (SSSR count). The first kappa shape index (κ1) is 21.8. The Kier molecular flexibility index (Phi) is 5.85. The molecule has 0 aromatic carbocycles. The van der Waals surface area contributed by atoms with E-state index in [1.54, 1.807) is 50.0 Å². The molecule has 0 aliphatic carbocycles. The molecule has 9 heteroatoms. The number of nitrogens with two attached hydrogens (primary N) is 1. The number of fused-ring (bicyclic) bond motifs is 1. The number of carbonyl (C=O) groups excluding carboxylic acids is 1. The third-order valence-corrected chi connectivity index (χ3v) is 5.92. The molecule has 1 aliphatic heterocycles. The highest BCUT2D eigenvalue weighted by molar-refractivity contribution is 6.05. The first-order valence-electron chi connectivity index (χ1n) is 11.2. The topological polar surface area (TPSA) is 119 Å². The summed E-state index contributed by atoms with van der Waals surface area (Å²) >= 11 is 0. The second kappa shape index (κ2) is 9.11. The Labute approximate surface area is 197 Å². The van der Waals surface area contributed by atoms with Crippen molar-refractivity contribution in [3.63, 3.8) is 0 Å². The number of methoxy groups -OCH3 is 1. The Hall–Kier alpha value is -3.98. The average Bonchev–Trinajstić information content (AvgIpc) is 3.27. The molecule has 174 valence electrons. The standard InChI is InChI=1S/C25H26N6O3/c1-15-9-17(26)14-31(13-15)21-7-8-27-12-20(21)30-25(32)18-4-5-22-19(29-18)10-23(34-22)16-3-6-24(33-2)28-11-16/h3-8,10-12,15,17H,9,13-14,26H2,1-2H3,(H,30,32)/t15-,17+/m1/s1. The van der Waals surface area contributed by atoms with E-state index in [4.69, 9.17) is 14.9 Å². The highest BCUT2D eigenvalue weighted by Gasteiger charge is 2.24. The zero-order valence-corrected chi connectivity index (χ0v) is 19.1. The minimum Gasteiger partial charge on any atom is -0.481 e. The van der Waals surface area contributed by atoms with Crippen LogP contribution in [0.1, 0.15) is 23.8 Å². The number of nitrogens with one attached hydrogen (secondary N) is 1. The molecule has 0 unspecified atom stereocenters. The van der Waals surface area contributed by atoms with Crippen LogP contribution in [0.25, 0.3) is 22.4 Å². The smallest absolute Gasteiger partial charge is 0.274 e. The molecule has 1 aliphatic rings. The number of hydrogen-bond donors (Lipinski definition) is 2. The maximum atomic E-state index is 13.1. The van der Waals surface area contributed by atoms with E-state index in [9.17, 15) is 4.79 Å². The molecular weight excluding hydrogens is 432 g/mol. The number of ether oxygens (including phenoxy) is 1. The van der Waals surface area contributed by atoms with Crippen LogP contribution in [0.2, 0.25) is 0 Å². The molecule has 0 bridgehead atoms. The first-order valence-corrected chi connectivity index (χ1v) is 11.2. The van der Waals surface area contributed by atoms with Crippen LogP contribution in [0.5, 0.6) is 5.88 Å². The Morgan fingerprint density at radius 1 is 1.21 bits per heavy atom. The van der Waals surface area contributed by atoms with E-state index in [1.165, 1.54) is 0 Å². The minimum atomic E-state index is -0.320. The molecule has 1 amide bonds. The van der Waals surface area contributed by atoms with Crippen molar-refractivity contribution in [1.82, 2.24) is 15.0 Å². The molecule has 0 saturated carbocycles. The normalized spacial score (nSPS) is 18.1. The molecule has 5 heterocycles. The number of aromatic nitrogens is 3. The predicted molar refractivity (Wildman–Crippen MR) is 130 cm³/mol. The Morgan fingerprint density at radius 2 is 2.09 bits per heavy atom. The maximum Gasteiger partial charge on any atom is 0.274 e. The van der Waals surface area contributed by atoms with Crippen LogP contribution < -0.4 is 20.7 Å². The van der Waals surface area contributed by atoms with Gasteiger partial charge < -0.3 is 25.1 Å². The lowest BCUT2D eigenvalue weighted by Crippen LogP contribution is -2.46. The number of nitrogens with zero attached hydrogens (tertiary/aromatic N) is 4. The van der Waals surface area contributed by atoms with Crippen LogP contribution in [0.3, 0.4) is 0 Å². The van der Waals surface area contributed by atoms with Crippen LogP contribution in [0.15, 0.2) is 59.4 Å². The number of amides is 1. The number of rotatable bonds is 5. The van der Waals surface area contributed by atoms with E-state index in [2.05, 4.69) is 32.1 Å². The minimum absolute atomic E-state index is 0.0979. The number of anilines is 2. The van der Waals surface area contributed by atoms with Gasteiger partial charge in [-0.2, -0.15) is 0 Å². The highest BCUT2D eigenvalue weighted by Crippen LogP contribution is 2.30. The van der Waals surface area contributed by atoms with Crippen molar-refractivity contribution in [3.8, 4) is 17.2 Å². The Bertz CT molecular complexity index is 1310. The zero-order chi connectivity index (χ0) is 23.7. The SMILES string of the molecule is COc1ccc(-c2cc3nc(C(=O)Nc4cnccc4N4C[C@H](C)C[C@H](N)C4)ccc3o2)cn1. The van der Waals surface area contributed by atoms with Crippen molar-refractivity contribution in [2.75, 3.05) is 30.4 Å². The molecule has 9 nitrogen and oxygen atoms in total. The fourth-order valence-electron chi connectivity index (χ4n) is 4.38. The summed E-state index contributed by atoms with van der Waals surface area (Å²) in [7, 11) is 1.57. The lowest BCUT2D eigenvalue weighted by molar-refractivity contribution is 0.102. The highest BCUT2D eigenvalue weighted by atomic mass is 16.5. The monoisotopic (exact) mass is 458 g/mol. The van der Waals surface area contributed by atoms with Gasteiger partial charge in [0.15, 0.2) is 5.58 Å². The maximum absolute atomic E-state index is 13.1. The Balaban J connectivity index is 1.38. The molecule has 0 radical (unpaired) electrons. The van der Waals surface area contributed by atoms with Crippen molar-refractivity contribution < 1.29 is 13.9 Å². The van der Waals surface area contributed by atoms with Gasteiger partial charge in [-0.25, -0.2) is 9.97 Å². The fourth-order valence-corrected chi connectivity index (χ4v) is 4.38.